The lowest BCUT2D eigenvalue weighted by atomic mass is 10.2. The number of hydrogen-bond donors (Lipinski definition) is 0. The summed E-state index contributed by atoms with van der Waals surface area (Å²) in [5, 5.41) is 11.3. The van der Waals surface area contributed by atoms with Gasteiger partial charge in [-0.3, -0.25) is 10.1 Å². The van der Waals surface area contributed by atoms with Gasteiger partial charge in [0.05, 0.1) is 10.5 Å². The summed E-state index contributed by atoms with van der Waals surface area (Å²) in [7, 11) is 0. The van der Waals surface area contributed by atoms with E-state index in [1.54, 1.807) is 24.3 Å². The van der Waals surface area contributed by atoms with Crippen molar-refractivity contribution in [1.29, 1.82) is 0 Å². The fraction of sp³-hybridized carbons (Fsp3) is 0.0714. The van der Waals surface area contributed by atoms with Gasteiger partial charge in [-0.1, -0.05) is 23.7 Å². The lowest BCUT2D eigenvalue weighted by Gasteiger charge is -2.07. The molecular formula is C14H9BrClNO4. The molecule has 0 amide bonds. The second-order valence-corrected chi connectivity index (χ2v) is 5.42. The summed E-state index contributed by atoms with van der Waals surface area (Å²) in [6, 6.07) is 10.8. The van der Waals surface area contributed by atoms with Gasteiger partial charge in [-0.2, -0.15) is 0 Å². The normalized spacial score (nSPS) is 10.2. The first-order valence-corrected chi connectivity index (χ1v) is 7.00. The maximum absolute atomic E-state index is 12.0. The van der Waals surface area contributed by atoms with Gasteiger partial charge in [0, 0.05) is 21.6 Å². The van der Waals surface area contributed by atoms with Crippen molar-refractivity contribution >= 4 is 39.2 Å². The number of nitrogens with zero attached hydrogens (tertiary/aromatic N) is 1. The molecule has 0 aliphatic rings. The third kappa shape index (κ3) is 4.03. The minimum atomic E-state index is -0.648. The lowest BCUT2D eigenvalue weighted by molar-refractivity contribution is -0.384. The van der Waals surface area contributed by atoms with E-state index in [1.807, 2.05) is 0 Å². The number of nitro groups is 1. The molecule has 5 nitrogen and oxygen atoms in total. The maximum atomic E-state index is 12.0. The summed E-state index contributed by atoms with van der Waals surface area (Å²) in [6.07, 6.45) is 0. The molecule has 0 saturated heterocycles. The summed E-state index contributed by atoms with van der Waals surface area (Å²) in [6.45, 7) is 0.0362. The predicted molar refractivity (Wildman–Crippen MR) is 81.4 cm³/mol. The third-order valence-corrected chi connectivity index (χ3v) is 3.57. The van der Waals surface area contributed by atoms with Gasteiger partial charge >= 0.3 is 5.97 Å². The van der Waals surface area contributed by atoms with E-state index in [4.69, 9.17) is 16.3 Å². The Balaban J connectivity index is 2.13. The van der Waals surface area contributed by atoms with Crippen LogP contribution >= 0.6 is 27.5 Å². The van der Waals surface area contributed by atoms with Gasteiger partial charge in [-0.25, -0.2) is 4.79 Å². The average Bonchev–Trinajstić information content (AvgIpc) is 2.45. The van der Waals surface area contributed by atoms with Crippen molar-refractivity contribution < 1.29 is 14.5 Å². The highest BCUT2D eigenvalue weighted by molar-refractivity contribution is 9.10. The van der Waals surface area contributed by atoms with Crippen molar-refractivity contribution in [2.75, 3.05) is 0 Å². The van der Waals surface area contributed by atoms with Crippen molar-refractivity contribution in [2.45, 2.75) is 6.61 Å². The summed E-state index contributed by atoms with van der Waals surface area (Å²) < 4.78 is 5.57. The van der Waals surface area contributed by atoms with Crippen LogP contribution < -0.4 is 0 Å². The minimum Gasteiger partial charge on any atom is -0.457 e. The second-order valence-electron chi connectivity index (χ2n) is 4.13. The quantitative estimate of drug-likeness (QED) is 0.455. The van der Waals surface area contributed by atoms with E-state index in [1.165, 1.54) is 18.2 Å². The predicted octanol–water partition coefficient (Wildman–Crippen LogP) is 4.37. The number of halogens is 2. The molecule has 0 saturated carbocycles. The highest BCUT2D eigenvalue weighted by Crippen LogP contribution is 2.23. The average molecular weight is 371 g/mol. The number of non-ortho nitro benzene ring substituents is 1. The Morgan fingerprint density at radius 3 is 2.71 bits per heavy atom. The van der Waals surface area contributed by atoms with Crippen LogP contribution in [0.25, 0.3) is 0 Å². The van der Waals surface area contributed by atoms with Crippen LogP contribution in [0.5, 0.6) is 0 Å². The van der Waals surface area contributed by atoms with E-state index < -0.39 is 10.9 Å². The van der Waals surface area contributed by atoms with Gasteiger partial charge in [0.2, 0.25) is 0 Å². The van der Waals surface area contributed by atoms with Crippen LogP contribution in [-0.2, 0) is 11.3 Å². The Morgan fingerprint density at radius 2 is 2.05 bits per heavy atom. The molecule has 0 radical (unpaired) electrons. The Bertz CT molecular complexity index is 705. The standard InChI is InChI=1S/C14H9BrClNO4/c15-13-5-4-11(17(19)20)7-12(13)14(18)21-8-9-2-1-3-10(16)6-9/h1-7H,8H2. The van der Waals surface area contributed by atoms with Gasteiger partial charge in [0.15, 0.2) is 0 Å². The van der Waals surface area contributed by atoms with Crippen molar-refractivity contribution in [3.8, 4) is 0 Å². The number of esters is 1. The Kier molecular flexibility index (Phi) is 4.93. The molecule has 2 aromatic rings. The molecule has 0 spiro atoms. The number of nitro benzene ring substituents is 1. The van der Waals surface area contributed by atoms with Crippen LogP contribution in [0.15, 0.2) is 46.9 Å². The molecule has 0 aliphatic heterocycles. The van der Waals surface area contributed by atoms with Crippen LogP contribution in [0.3, 0.4) is 0 Å². The monoisotopic (exact) mass is 369 g/mol. The molecule has 21 heavy (non-hydrogen) atoms. The number of ether oxygens (including phenoxy) is 1. The molecule has 108 valence electrons. The number of benzene rings is 2. The summed E-state index contributed by atoms with van der Waals surface area (Å²) in [5.41, 5.74) is 0.663. The van der Waals surface area contributed by atoms with Crippen LogP contribution in [0, 0.1) is 10.1 Å². The molecule has 0 fully saturated rings. The van der Waals surface area contributed by atoms with E-state index >= 15 is 0 Å². The number of carbonyl (C=O) groups is 1. The first-order valence-electron chi connectivity index (χ1n) is 5.83. The van der Waals surface area contributed by atoms with E-state index in [0.29, 0.717) is 9.50 Å². The highest BCUT2D eigenvalue weighted by atomic mass is 79.9. The Labute approximate surface area is 133 Å². The zero-order chi connectivity index (χ0) is 15.4. The summed E-state index contributed by atoms with van der Waals surface area (Å²) in [5.74, 6) is -0.648. The number of rotatable bonds is 4. The molecule has 0 aliphatic carbocycles. The molecule has 0 heterocycles. The zero-order valence-corrected chi connectivity index (χ0v) is 12.9. The fourth-order valence-electron chi connectivity index (χ4n) is 1.64. The number of carbonyl (C=O) groups excluding carboxylic acids is 1. The van der Waals surface area contributed by atoms with Crippen LogP contribution in [-0.4, -0.2) is 10.9 Å². The van der Waals surface area contributed by atoms with Gasteiger partial charge < -0.3 is 4.74 Å². The minimum absolute atomic E-state index is 0.0362. The molecule has 2 aromatic carbocycles. The van der Waals surface area contributed by atoms with Crippen LogP contribution in [0.2, 0.25) is 5.02 Å². The fourth-order valence-corrected chi connectivity index (χ4v) is 2.26. The van der Waals surface area contributed by atoms with E-state index in [2.05, 4.69) is 15.9 Å². The topological polar surface area (TPSA) is 69.4 Å². The molecule has 0 aromatic heterocycles. The van der Waals surface area contributed by atoms with Crippen LogP contribution in [0.1, 0.15) is 15.9 Å². The van der Waals surface area contributed by atoms with Crippen LogP contribution in [0.4, 0.5) is 5.69 Å². The largest absolute Gasteiger partial charge is 0.457 e. The first-order chi connectivity index (χ1) is 9.97. The van der Waals surface area contributed by atoms with Gasteiger partial charge in [-0.05, 0) is 39.7 Å². The van der Waals surface area contributed by atoms with Gasteiger partial charge in [0.25, 0.3) is 5.69 Å². The molecule has 0 unspecified atom stereocenters. The zero-order valence-electron chi connectivity index (χ0n) is 10.6. The third-order valence-electron chi connectivity index (χ3n) is 2.64. The lowest BCUT2D eigenvalue weighted by Crippen LogP contribution is -2.06. The summed E-state index contributed by atoms with van der Waals surface area (Å²) in [4.78, 5) is 22.1. The van der Waals surface area contributed by atoms with E-state index in [-0.39, 0.29) is 17.9 Å². The Hall–Kier alpha value is -1.92. The smallest absolute Gasteiger partial charge is 0.339 e. The first kappa shape index (κ1) is 15.5. The maximum Gasteiger partial charge on any atom is 0.339 e. The van der Waals surface area contributed by atoms with Gasteiger partial charge in [-0.15, -0.1) is 0 Å². The van der Waals surface area contributed by atoms with Crippen molar-refractivity contribution in [2.24, 2.45) is 0 Å². The SMILES string of the molecule is O=C(OCc1cccc(Cl)c1)c1cc([N+](=O)[O-])ccc1Br. The van der Waals surface area contributed by atoms with Crippen molar-refractivity contribution in [3.63, 3.8) is 0 Å². The molecular weight excluding hydrogens is 362 g/mol. The highest BCUT2D eigenvalue weighted by Gasteiger charge is 2.16. The molecule has 0 bridgehead atoms. The van der Waals surface area contributed by atoms with E-state index in [9.17, 15) is 14.9 Å². The summed E-state index contributed by atoms with van der Waals surface area (Å²) >= 11 is 9.01. The van der Waals surface area contributed by atoms with Gasteiger partial charge in [0.1, 0.15) is 6.61 Å². The second kappa shape index (κ2) is 6.69. The van der Waals surface area contributed by atoms with Crippen molar-refractivity contribution in [1.82, 2.24) is 0 Å². The number of hydrogen-bond acceptors (Lipinski definition) is 4. The Morgan fingerprint density at radius 1 is 1.29 bits per heavy atom. The van der Waals surface area contributed by atoms with Crippen molar-refractivity contribution in [3.05, 3.63) is 73.2 Å². The molecule has 2 rings (SSSR count). The molecule has 0 atom stereocenters. The van der Waals surface area contributed by atoms with E-state index in [0.717, 1.165) is 5.56 Å². The molecule has 0 N–H and O–H groups in total. The molecule has 7 heteroatoms.